The molecule has 3 rings (SSSR count). The third-order valence-corrected chi connectivity index (χ3v) is 4.08. The van der Waals surface area contributed by atoms with Crippen LogP contribution in [0.15, 0.2) is 69.7 Å². The van der Waals surface area contributed by atoms with Crippen molar-refractivity contribution in [1.82, 2.24) is 5.32 Å². The monoisotopic (exact) mass is 513 g/mol. The first-order valence-corrected chi connectivity index (χ1v) is 12.6. The predicted octanol–water partition coefficient (Wildman–Crippen LogP) is 6.06. The number of fused-ring (bicyclic) bond motifs is 1. The van der Waals surface area contributed by atoms with Gasteiger partial charge in [-0.15, -0.1) is 9.45 Å². The van der Waals surface area contributed by atoms with Crippen LogP contribution >= 0.6 is 12.0 Å². The molecule has 3 aromatic rings. The zero-order valence-corrected chi connectivity index (χ0v) is 21.5. The van der Waals surface area contributed by atoms with Gasteiger partial charge in [0.2, 0.25) is 0 Å². The first-order chi connectivity index (χ1) is 16.1. The lowest BCUT2D eigenvalue weighted by Gasteiger charge is -2.10. The zero-order chi connectivity index (χ0) is 26.1. The quantitative estimate of drug-likeness (QED) is 0.105. The second-order valence-corrected chi connectivity index (χ2v) is 8.45. The minimum absolute atomic E-state index is 0.00526. The van der Waals surface area contributed by atoms with Gasteiger partial charge in [0.05, 0.1) is 28.9 Å². The molecule has 0 spiro atoms. The Labute approximate surface area is 204 Å². The second-order valence-electron chi connectivity index (χ2n) is 6.24. The van der Waals surface area contributed by atoms with Crippen LogP contribution in [-0.4, -0.2) is 43.7 Å². The number of nitrogens with zero attached hydrogens (tertiary/aromatic N) is 2. The Balaban J connectivity index is 0.000000935. The van der Waals surface area contributed by atoms with Crippen LogP contribution in [0, 0.1) is 6.92 Å². The zero-order valence-electron chi connectivity index (χ0n) is 19.9. The highest BCUT2D eigenvalue weighted by atomic mass is 32.2. The molecule has 10 nitrogen and oxygen atoms in total. The van der Waals surface area contributed by atoms with Crippen LogP contribution in [-0.2, 0) is 19.5 Å². The Morgan fingerprint density at radius 1 is 1.00 bits per heavy atom. The molecule has 0 saturated carbocycles. The number of rotatable bonds is 5. The molecule has 0 heterocycles. The first kappa shape index (κ1) is 31.4. The Morgan fingerprint density at radius 2 is 1.56 bits per heavy atom. The molecule has 0 radical (unpaired) electrons. The lowest BCUT2D eigenvalue weighted by Crippen LogP contribution is -1.89. The van der Waals surface area contributed by atoms with Gasteiger partial charge in [0, 0.05) is 5.39 Å². The lowest BCUT2D eigenvalue weighted by atomic mass is 10.0. The summed E-state index contributed by atoms with van der Waals surface area (Å²) in [4.78, 5) is 0.458. The highest BCUT2D eigenvalue weighted by Crippen LogP contribution is 2.44. The highest BCUT2D eigenvalue weighted by molar-refractivity contribution is 7.94. The summed E-state index contributed by atoms with van der Waals surface area (Å²) in [6, 6.07) is 16.6. The molecule has 3 aromatic carbocycles. The minimum atomic E-state index is -3.67. The maximum atomic E-state index is 10.7. The third kappa shape index (κ3) is 12.0. The van der Waals surface area contributed by atoms with Gasteiger partial charge in [0.15, 0.2) is 5.75 Å². The second kappa shape index (κ2) is 16.9. The van der Waals surface area contributed by atoms with Crippen LogP contribution < -0.4 is 5.32 Å². The van der Waals surface area contributed by atoms with Gasteiger partial charge < -0.3 is 10.4 Å². The SMILES string of the molecule is CC.CNC.CS(=O)(=O)O.Cc1cccc2cc(SOOO)c(N=Nc3ccccc3)c(O)c12. The number of aromatic hydroxyl groups is 1. The molecule has 188 valence electrons. The van der Waals surface area contributed by atoms with Crippen LogP contribution in [0.3, 0.4) is 0 Å². The Kier molecular flexibility index (Phi) is 15.7. The Hall–Kier alpha value is -2.58. The number of hydrogen-bond donors (Lipinski definition) is 4. The van der Waals surface area contributed by atoms with E-state index < -0.39 is 10.1 Å². The lowest BCUT2D eigenvalue weighted by molar-refractivity contribution is -0.432. The fraction of sp³-hybridized carbons (Fsp3) is 0.273. The van der Waals surface area contributed by atoms with Crippen molar-refractivity contribution in [1.29, 1.82) is 0 Å². The van der Waals surface area contributed by atoms with Gasteiger partial charge in [0.25, 0.3) is 10.1 Å². The van der Waals surface area contributed by atoms with Gasteiger partial charge in [-0.25, -0.2) is 5.26 Å². The van der Waals surface area contributed by atoms with Crippen molar-refractivity contribution in [2.24, 2.45) is 10.2 Å². The number of benzene rings is 3. The third-order valence-electron chi connectivity index (χ3n) is 3.46. The summed E-state index contributed by atoms with van der Waals surface area (Å²) in [5, 5.41) is 35.3. The summed E-state index contributed by atoms with van der Waals surface area (Å²) in [7, 11) is 0.0833. The topological polar surface area (TPSA) is 150 Å². The molecule has 0 atom stereocenters. The van der Waals surface area contributed by atoms with Crippen molar-refractivity contribution in [3.05, 3.63) is 60.2 Å². The van der Waals surface area contributed by atoms with E-state index in [0.717, 1.165) is 23.0 Å². The molecule has 0 aliphatic carbocycles. The molecule has 4 N–H and O–H groups in total. The van der Waals surface area contributed by atoms with Crippen LogP contribution in [0.25, 0.3) is 10.8 Å². The first-order valence-electron chi connectivity index (χ1n) is 10.00. The summed E-state index contributed by atoms with van der Waals surface area (Å²) in [5.41, 5.74) is 1.80. The van der Waals surface area contributed by atoms with Crippen LogP contribution in [0.2, 0.25) is 0 Å². The molecule has 0 saturated heterocycles. The average molecular weight is 514 g/mol. The van der Waals surface area contributed by atoms with E-state index in [4.69, 9.17) is 9.81 Å². The van der Waals surface area contributed by atoms with Gasteiger partial charge in [-0.05, 0) is 50.2 Å². The van der Waals surface area contributed by atoms with Crippen LogP contribution in [0.5, 0.6) is 5.75 Å². The maximum Gasteiger partial charge on any atom is 0.261 e. The molecule has 34 heavy (non-hydrogen) atoms. The van der Waals surface area contributed by atoms with Gasteiger partial charge in [0.1, 0.15) is 5.69 Å². The highest BCUT2D eigenvalue weighted by Gasteiger charge is 2.16. The number of nitrogens with one attached hydrogen (secondary N) is 1. The predicted molar refractivity (Wildman–Crippen MR) is 135 cm³/mol. The van der Waals surface area contributed by atoms with Crippen molar-refractivity contribution >= 4 is 44.3 Å². The van der Waals surface area contributed by atoms with E-state index in [2.05, 4.69) is 24.9 Å². The molecule has 0 amide bonds. The van der Waals surface area contributed by atoms with E-state index in [0.29, 0.717) is 22.2 Å². The normalized spacial score (nSPS) is 10.5. The van der Waals surface area contributed by atoms with E-state index in [9.17, 15) is 13.5 Å². The van der Waals surface area contributed by atoms with Gasteiger partial charge in [-0.3, -0.25) is 4.55 Å². The fourth-order valence-corrected chi connectivity index (χ4v) is 2.89. The molecule has 12 heteroatoms. The van der Waals surface area contributed by atoms with Crippen molar-refractivity contribution in [3.8, 4) is 5.75 Å². The largest absolute Gasteiger partial charge is 0.505 e. The maximum absolute atomic E-state index is 10.7. The molecule has 0 aliphatic rings. The number of phenols is 1. The Morgan fingerprint density at radius 3 is 2.09 bits per heavy atom. The van der Waals surface area contributed by atoms with Crippen LogP contribution in [0.4, 0.5) is 11.4 Å². The number of aryl methyl sites for hydroxylation is 1. The van der Waals surface area contributed by atoms with E-state index >= 15 is 0 Å². The van der Waals surface area contributed by atoms with Crippen molar-refractivity contribution in [2.45, 2.75) is 25.7 Å². The molecule has 0 bridgehead atoms. The number of azo groups is 1. The Bertz CT molecular complexity index is 1120. The summed E-state index contributed by atoms with van der Waals surface area (Å²) in [6.07, 6.45) is 0.715. The summed E-state index contributed by atoms with van der Waals surface area (Å²) >= 11 is 0.731. The van der Waals surface area contributed by atoms with Crippen molar-refractivity contribution in [3.63, 3.8) is 0 Å². The smallest absolute Gasteiger partial charge is 0.261 e. The fourth-order valence-electron chi connectivity index (χ4n) is 2.39. The van der Waals surface area contributed by atoms with E-state index in [1.807, 2.05) is 71.3 Å². The van der Waals surface area contributed by atoms with Gasteiger partial charge >= 0.3 is 0 Å². The molecular formula is C22H31N3O7S2. The van der Waals surface area contributed by atoms with Gasteiger partial charge in [-0.2, -0.15) is 13.5 Å². The summed E-state index contributed by atoms with van der Waals surface area (Å²) < 4.78 is 30.4. The van der Waals surface area contributed by atoms with Crippen molar-refractivity contribution < 1.29 is 32.7 Å². The number of phenolic OH excluding ortho intramolecular Hbond substituents is 1. The van der Waals surface area contributed by atoms with Gasteiger partial charge in [-0.1, -0.05) is 55.3 Å². The number of hydrogen-bond acceptors (Lipinski definition) is 10. The minimum Gasteiger partial charge on any atom is -0.505 e. The molecule has 0 aromatic heterocycles. The summed E-state index contributed by atoms with van der Waals surface area (Å²) in [5.74, 6) is -0.00526. The summed E-state index contributed by atoms with van der Waals surface area (Å²) in [6.45, 7) is 5.90. The average Bonchev–Trinajstić information content (AvgIpc) is 2.78. The standard InChI is InChI=1S/C17H14N2O4S.C2H7N.C2H6.CH4O3S/c1-11-6-5-7-12-10-14(24-23-22-21)16(17(20)15(11)12)19-18-13-8-3-2-4-9-13;1-3-2;1-2;1-5(2,3)4/h2-10,20-21H,1H3;3H,1-2H3;1-2H3;1H3,(H,2,3,4). The molecule has 0 fully saturated rings. The molecular weight excluding hydrogens is 482 g/mol. The van der Waals surface area contributed by atoms with E-state index in [1.54, 1.807) is 18.2 Å². The molecule has 0 aliphatic heterocycles. The van der Waals surface area contributed by atoms with Crippen LogP contribution in [0.1, 0.15) is 19.4 Å². The van der Waals surface area contributed by atoms with Crippen molar-refractivity contribution in [2.75, 3.05) is 20.4 Å². The molecule has 0 unspecified atom stereocenters. The van der Waals surface area contributed by atoms with E-state index in [-0.39, 0.29) is 11.4 Å². The van der Waals surface area contributed by atoms with E-state index in [1.165, 1.54) is 0 Å².